The Kier molecular flexibility index (Phi) is 9.80. The van der Waals surface area contributed by atoms with Gasteiger partial charge in [-0.15, -0.1) is 0 Å². The van der Waals surface area contributed by atoms with Gasteiger partial charge < -0.3 is 20.5 Å². The zero-order valence-corrected chi connectivity index (χ0v) is 22.0. The van der Waals surface area contributed by atoms with Crippen LogP contribution in [0.5, 0.6) is 0 Å². The van der Waals surface area contributed by atoms with Gasteiger partial charge in [0.15, 0.2) is 6.23 Å². The number of nitrogens with zero attached hydrogens (tertiary/aromatic N) is 2. The third kappa shape index (κ3) is 7.51. The number of hydrogen-bond donors (Lipinski definition) is 2. The van der Waals surface area contributed by atoms with E-state index in [2.05, 4.69) is 5.32 Å². The van der Waals surface area contributed by atoms with Crippen LogP contribution in [0.25, 0.3) is 11.1 Å². The Labute approximate surface area is 228 Å². The van der Waals surface area contributed by atoms with E-state index in [4.69, 9.17) is 15.2 Å². The van der Waals surface area contributed by atoms with Gasteiger partial charge in [0.2, 0.25) is 11.8 Å². The summed E-state index contributed by atoms with van der Waals surface area (Å²) in [5, 5.41) is 2.75. The molecule has 1 heterocycles. The van der Waals surface area contributed by atoms with E-state index in [1.54, 1.807) is 29.2 Å². The van der Waals surface area contributed by atoms with E-state index in [0.29, 0.717) is 56.2 Å². The fourth-order valence-corrected chi connectivity index (χ4v) is 4.40. The molecule has 1 unspecified atom stereocenters. The first-order valence-electron chi connectivity index (χ1n) is 13.0. The molecule has 4 rings (SSSR count). The molecule has 0 saturated carbocycles. The Morgan fingerprint density at radius 3 is 2.10 bits per heavy atom. The van der Waals surface area contributed by atoms with Gasteiger partial charge in [0.1, 0.15) is 0 Å². The first-order chi connectivity index (χ1) is 18.9. The molecule has 1 atom stereocenters. The Hall–Kier alpha value is -4.05. The molecule has 1 aliphatic rings. The fourth-order valence-electron chi connectivity index (χ4n) is 4.40. The summed E-state index contributed by atoms with van der Waals surface area (Å²) >= 11 is 0. The lowest BCUT2D eigenvalue weighted by atomic mass is 10.0. The number of nitrogens with two attached hydrogens (primary N) is 1. The van der Waals surface area contributed by atoms with Crippen molar-refractivity contribution in [2.24, 2.45) is 5.73 Å². The van der Waals surface area contributed by atoms with Gasteiger partial charge >= 0.3 is 0 Å². The molecule has 9 heteroatoms. The highest BCUT2D eigenvalue weighted by atomic mass is 16.5. The third-order valence-electron chi connectivity index (χ3n) is 6.42. The van der Waals surface area contributed by atoms with Crippen LogP contribution in [0.3, 0.4) is 0 Å². The van der Waals surface area contributed by atoms with E-state index in [1.165, 1.54) is 6.92 Å². The number of benzene rings is 3. The summed E-state index contributed by atoms with van der Waals surface area (Å²) in [7, 11) is 0. The summed E-state index contributed by atoms with van der Waals surface area (Å²) < 4.78 is 11.7. The molecule has 3 amide bonds. The van der Waals surface area contributed by atoms with E-state index in [1.807, 2.05) is 59.5 Å². The molecule has 1 saturated heterocycles. The molecule has 1 fully saturated rings. The highest BCUT2D eigenvalue weighted by Gasteiger charge is 2.33. The molecular weight excluding hydrogens is 496 g/mol. The van der Waals surface area contributed by atoms with Gasteiger partial charge in [-0.05, 0) is 53.9 Å². The summed E-state index contributed by atoms with van der Waals surface area (Å²) in [5.41, 5.74) is 9.13. The first-order valence-corrected chi connectivity index (χ1v) is 13.0. The maximum atomic E-state index is 14.2. The van der Waals surface area contributed by atoms with Crippen LogP contribution in [0.1, 0.15) is 23.7 Å². The van der Waals surface area contributed by atoms with Crippen LogP contribution in [-0.2, 0) is 19.1 Å². The molecule has 204 valence electrons. The van der Waals surface area contributed by atoms with Crippen molar-refractivity contribution in [1.82, 2.24) is 10.2 Å². The number of carbonyl (C=O) groups excluding carboxylic acids is 3. The molecule has 0 aromatic heterocycles. The van der Waals surface area contributed by atoms with Crippen LogP contribution in [-0.4, -0.2) is 68.3 Å². The van der Waals surface area contributed by atoms with Gasteiger partial charge in [-0.3, -0.25) is 24.2 Å². The third-order valence-corrected chi connectivity index (χ3v) is 6.42. The van der Waals surface area contributed by atoms with Gasteiger partial charge in [-0.25, -0.2) is 0 Å². The molecule has 0 spiro atoms. The summed E-state index contributed by atoms with van der Waals surface area (Å²) in [6.07, 6.45) is -0.303. The number of hydrogen-bond acceptors (Lipinski definition) is 6. The molecule has 0 radical (unpaired) electrons. The Morgan fingerprint density at radius 1 is 0.923 bits per heavy atom. The first kappa shape index (κ1) is 28.0. The van der Waals surface area contributed by atoms with Crippen molar-refractivity contribution in [2.75, 3.05) is 44.4 Å². The number of nitrogens with one attached hydrogen (secondary N) is 1. The summed E-state index contributed by atoms with van der Waals surface area (Å²) in [4.78, 5) is 40.7. The quantitative estimate of drug-likeness (QED) is 0.368. The molecule has 9 nitrogen and oxygen atoms in total. The van der Waals surface area contributed by atoms with Gasteiger partial charge in [0.25, 0.3) is 5.91 Å². The van der Waals surface area contributed by atoms with Crippen LogP contribution in [0.4, 0.5) is 11.4 Å². The smallest absolute Gasteiger partial charge is 0.275 e. The zero-order chi connectivity index (χ0) is 27.6. The standard InChI is InChI=1S/C30H34N4O5/c1-22(35)32-16-5-19-39-30(33-17-20-38-21-18-33)29(37)34(27-14-10-25(11-15-27)28(31)36)26-12-8-24(9-13-26)23-6-3-2-4-7-23/h2-4,6-15,30H,5,16-21H2,1H3,(H2,31,36)(H,32,35). The van der Waals surface area contributed by atoms with Crippen molar-refractivity contribution in [3.8, 4) is 11.1 Å². The van der Waals surface area contributed by atoms with Crippen molar-refractivity contribution >= 4 is 29.1 Å². The highest BCUT2D eigenvalue weighted by Crippen LogP contribution is 2.30. The summed E-state index contributed by atoms with van der Waals surface area (Å²) in [6.45, 7) is 4.29. The van der Waals surface area contributed by atoms with E-state index in [0.717, 1.165) is 11.1 Å². The van der Waals surface area contributed by atoms with Crippen molar-refractivity contribution in [1.29, 1.82) is 0 Å². The van der Waals surface area contributed by atoms with Crippen LogP contribution in [0.2, 0.25) is 0 Å². The minimum atomic E-state index is -0.865. The topological polar surface area (TPSA) is 114 Å². The van der Waals surface area contributed by atoms with Crippen LogP contribution < -0.4 is 16.0 Å². The monoisotopic (exact) mass is 530 g/mol. The van der Waals surface area contributed by atoms with Crippen molar-refractivity contribution in [3.63, 3.8) is 0 Å². The van der Waals surface area contributed by atoms with Gasteiger partial charge in [0, 0.05) is 43.5 Å². The van der Waals surface area contributed by atoms with Crippen molar-refractivity contribution < 1.29 is 23.9 Å². The largest absolute Gasteiger partial charge is 0.379 e. The Balaban J connectivity index is 1.65. The molecule has 0 aliphatic carbocycles. The predicted molar refractivity (Wildman–Crippen MR) is 149 cm³/mol. The lowest BCUT2D eigenvalue weighted by molar-refractivity contribution is -0.149. The predicted octanol–water partition coefficient (Wildman–Crippen LogP) is 3.32. The molecule has 0 bridgehead atoms. The number of ether oxygens (including phenoxy) is 2. The lowest BCUT2D eigenvalue weighted by Gasteiger charge is -2.36. The summed E-state index contributed by atoms with van der Waals surface area (Å²) in [6, 6.07) is 24.4. The molecule has 3 aromatic carbocycles. The average Bonchev–Trinajstić information content (AvgIpc) is 2.96. The molecule has 1 aliphatic heterocycles. The second kappa shape index (κ2) is 13.7. The lowest BCUT2D eigenvalue weighted by Crippen LogP contribution is -2.53. The SMILES string of the molecule is CC(=O)NCCCOC(C(=O)N(c1ccc(C(N)=O)cc1)c1ccc(-c2ccccc2)cc1)N1CCOCC1. The number of morpholine rings is 1. The zero-order valence-electron chi connectivity index (χ0n) is 22.0. The van der Waals surface area contributed by atoms with Gasteiger partial charge in [-0.1, -0.05) is 42.5 Å². The molecule has 3 aromatic rings. The van der Waals surface area contributed by atoms with E-state index in [-0.39, 0.29) is 18.4 Å². The molecule has 3 N–H and O–H groups in total. The average molecular weight is 531 g/mol. The van der Waals surface area contributed by atoms with Crippen LogP contribution >= 0.6 is 0 Å². The second-order valence-corrected chi connectivity index (χ2v) is 9.21. The number of carbonyl (C=O) groups is 3. The summed E-state index contributed by atoms with van der Waals surface area (Å²) in [5.74, 6) is -0.920. The van der Waals surface area contributed by atoms with Crippen LogP contribution in [0, 0.1) is 0 Å². The number of primary amides is 1. The minimum Gasteiger partial charge on any atom is -0.379 e. The van der Waals surface area contributed by atoms with Gasteiger partial charge in [-0.2, -0.15) is 0 Å². The maximum Gasteiger partial charge on any atom is 0.275 e. The number of amides is 3. The van der Waals surface area contributed by atoms with Crippen LogP contribution in [0.15, 0.2) is 78.9 Å². The molecule has 39 heavy (non-hydrogen) atoms. The normalized spacial score (nSPS) is 14.4. The van der Waals surface area contributed by atoms with Gasteiger partial charge in [0.05, 0.1) is 19.8 Å². The van der Waals surface area contributed by atoms with Crippen molar-refractivity contribution in [2.45, 2.75) is 19.6 Å². The minimum absolute atomic E-state index is 0.111. The second-order valence-electron chi connectivity index (χ2n) is 9.21. The van der Waals surface area contributed by atoms with E-state index >= 15 is 0 Å². The fraction of sp³-hybridized carbons (Fsp3) is 0.300. The highest BCUT2D eigenvalue weighted by molar-refractivity contribution is 6.03. The Morgan fingerprint density at radius 2 is 1.51 bits per heavy atom. The van der Waals surface area contributed by atoms with Crippen molar-refractivity contribution in [3.05, 3.63) is 84.4 Å². The van der Waals surface area contributed by atoms with E-state index in [9.17, 15) is 14.4 Å². The Bertz CT molecular complexity index is 1240. The van der Waals surface area contributed by atoms with E-state index < -0.39 is 12.1 Å². The maximum absolute atomic E-state index is 14.2. The molecular formula is C30H34N4O5. The number of rotatable bonds is 11. The number of anilines is 2.